The van der Waals surface area contributed by atoms with Crippen molar-refractivity contribution in [3.63, 3.8) is 0 Å². The number of nitrogens with zero attached hydrogens (tertiary/aromatic N) is 3. The van der Waals surface area contributed by atoms with Gasteiger partial charge < -0.3 is 9.84 Å². The summed E-state index contributed by atoms with van der Waals surface area (Å²) in [5, 5.41) is 7.57. The Bertz CT molecular complexity index is 629. The number of rotatable bonds is 3. The third kappa shape index (κ3) is 2.58. The maximum Gasteiger partial charge on any atom is 0.233 e. The molecule has 5 heteroatoms. The summed E-state index contributed by atoms with van der Waals surface area (Å²) in [6.45, 7) is 8.28. The van der Waals surface area contributed by atoms with E-state index >= 15 is 0 Å². The number of aromatic nitrogens is 3. The van der Waals surface area contributed by atoms with Gasteiger partial charge in [0, 0.05) is 6.20 Å². The molecule has 0 saturated carbocycles. The van der Waals surface area contributed by atoms with Crippen LogP contribution in [-0.4, -0.2) is 28.2 Å². The van der Waals surface area contributed by atoms with Crippen LogP contribution in [0.15, 0.2) is 16.8 Å². The molecule has 0 bridgehead atoms. The smallest absolute Gasteiger partial charge is 0.233 e. The van der Waals surface area contributed by atoms with E-state index in [2.05, 4.69) is 33.4 Å². The zero-order chi connectivity index (χ0) is 14.9. The maximum atomic E-state index is 5.61. The molecule has 1 N–H and O–H groups in total. The van der Waals surface area contributed by atoms with Crippen molar-refractivity contribution in [1.82, 2.24) is 20.4 Å². The molecule has 0 aromatic carbocycles. The predicted molar refractivity (Wildman–Crippen MR) is 81.1 cm³/mol. The van der Waals surface area contributed by atoms with Crippen LogP contribution in [0.5, 0.6) is 0 Å². The minimum Gasteiger partial charge on any atom is -0.338 e. The van der Waals surface area contributed by atoms with E-state index in [1.165, 1.54) is 0 Å². The fraction of sp³-hybridized carbons (Fsp3) is 0.562. The van der Waals surface area contributed by atoms with Gasteiger partial charge >= 0.3 is 0 Å². The van der Waals surface area contributed by atoms with E-state index in [0.29, 0.717) is 5.82 Å². The third-order valence-corrected chi connectivity index (χ3v) is 4.54. The number of hydrogen-bond donors (Lipinski definition) is 1. The monoisotopic (exact) mass is 286 g/mol. The van der Waals surface area contributed by atoms with Crippen molar-refractivity contribution in [3.8, 4) is 11.5 Å². The van der Waals surface area contributed by atoms with Gasteiger partial charge in [-0.05, 0) is 57.3 Å². The van der Waals surface area contributed by atoms with Crippen molar-refractivity contribution in [2.45, 2.75) is 45.4 Å². The number of hydrogen-bond acceptors (Lipinski definition) is 5. The van der Waals surface area contributed by atoms with Crippen molar-refractivity contribution in [3.05, 3.63) is 29.3 Å². The van der Waals surface area contributed by atoms with E-state index in [1.54, 1.807) is 0 Å². The van der Waals surface area contributed by atoms with Gasteiger partial charge in [-0.2, -0.15) is 4.98 Å². The molecule has 2 aromatic rings. The second kappa shape index (κ2) is 5.56. The van der Waals surface area contributed by atoms with Gasteiger partial charge in [-0.15, -0.1) is 0 Å². The summed E-state index contributed by atoms with van der Waals surface area (Å²) in [7, 11) is 0. The maximum absolute atomic E-state index is 5.61. The summed E-state index contributed by atoms with van der Waals surface area (Å²) in [5.74, 6) is 1.37. The molecule has 21 heavy (non-hydrogen) atoms. The van der Waals surface area contributed by atoms with Crippen LogP contribution in [0.25, 0.3) is 11.5 Å². The van der Waals surface area contributed by atoms with E-state index < -0.39 is 0 Å². The summed E-state index contributed by atoms with van der Waals surface area (Å²) in [5.41, 5.74) is 3.06. The molecular weight excluding hydrogens is 264 g/mol. The first kappa shape index (κ1) is 14.2. The van der Waals surface area contributed by atoms with Gasteiger partial charge in [0.2, 0.25) is 11.7 Å². The normalized spacial score (nSPS) is 17.9. The fourth-order valence-corrected chi connectivity index (χ4v) is 3.11. The predicted octanol–water partition coefficient (Wildman–Crippen LogP) is 2.78. The molecule has 5 nitrogen and oxygen atoms in total. The van der Waals surface area contributed by atoms with Crippen LogP contribution < -0.4 is 5.32 Å². The van der Waals surface area contributed by atoms with Gasteiger partial charge in [0.1, 0.15) is 5.69 Å². The first-order valence-corrected chi connectivity index (χ1v) is 7.63. The highest BCUT2D eigenvalue weighted by molar-refractivity contribution is 5.54. The molecule has 0 aliphatic carbocycles. The molecule has 1 aliphatic rings. The Morgan fingerprint density at radius 1 is 1.29 bits per heavy atom. The molecule has 0 amide bonds. The average molecular weight is 286 g/mol. The van der Waals surface area contributed by atoms with Crippen molar-refractivity contribution in [2.75, 3.05) is 13.1 Å². The van der Waals surface area contributed by atoms with Gasteiger partial charge in [0.05, 0.1) is 5.41 Å². The minimum absolute atomic E-state index is 0.0229. The molecule has 0 unspecified atom stereocenters. The van der Waals surface area contributed by atoms with Crippen LogP contribution in [0.3, 0.4) is 0 Å². The van der Waals surface area contributed by atoms with Crippen LogP contribution >= 0.6 is 0 Å². The molecule has 1 fully saturated rings. The van der Waals surface area contributed by atoms with Crippen LogP contribution in [-0.2, 0) is 5.41 Å². The number of aryl methyl sites for hydroxylation is 2. The first-order valence-electron chi connectivity index (χ1n) is 7.63. The van der Waals surface area contributed by atoms with Crippen molar-refractivity contribution < 1.29 is 4.52 Å². The fourth-order valence-electron chi connectivity index (χ4n) is 3.11. The highest BCUT2D eigenvalue weighted by atomic mass is 16.5. The van der Waals surface area contributed by atoms with E-state index in [0.717, 1.165) is 55.1 Å². The Morgan fingerprint density at radius 3 is 2.71 bits per heavy atom. The lowest BCUT2D eigenvalue weighted by Crippen LogP contribution is -2.39. The van der Waals surface area contributed by atoms with E-state index in [1.807, 2.05) is 20.0 Å². The third-order valence-electron chi connectivity index (χ3n) is 4.54. The molecule has 0 atom stereocenters. The van der Waals surface area contributed by atoms with Crippen LogP contribution in [0.1, 0.15) is 43.2 Å². The number of nitrogens with one attached hydrogen (secondary N) is 1. The molecule has 2 aromatic heterocycles. The van der Waals surface area contributed by atoms with Crippen molar-refractivity contribution in [1.29, 1.82) is 0 Å². The molecule has 3 rings (SSSR count). The Kier molecular flexibility index (Phi) is 3.76. The van der Waals surface area contributed by atoms with Crippen molar-refractivity contribution >= 4 is 0 Å². The van der Waals surface area contributed by atoms with Gasteiger partial charge in [-0.1, -0.05) is 18.1 Å². The lowest BCUT2D eigenvalue weighted by molar-refractivity contribution is 0.216. The van der Waals surface area contributed by atoms with E-state index in [9.17, 15) is 0 Å². The Labute approximate surface area is 125 Å². The molecule has 0 spiro atoms. The standard InChI is InChI=1S/C16H22N4O/c1-4-16(5-7-17-8-6-16)15-19-14(20-21-15)13-12(3)9-11(2)10-18-13/h9-10,17H,4-8H2,1-3H3. The van der Waals surface area contributed by atoms with Gasteiger partial charge in [-0.25, -0.2) is 0 Å². The SMILES string of the molecule is CCC1(c2nc(-c3ncc(C)cc3C)no2)CCNCC1. The summed E-state index contributed by atoms with van der Waals surface area (Å²) >= 11 is 0. The largest absolute Gasteiger partial charge is 0.338 e. The highest BCUT2D eigenvalue weighted by Crippen LogP contribution is 2.36. The molecule has 1 aliphatic heterocycles. The topological polar surface area (TPSA) is 63.8 Å². The van der Waals surface area contributed by atoms with Gasteiger partial charge in [-0.3, -0.25) is 4.98 Å². The first-order chi connectivity index (χ1) is 10.1. The molecular formula is C16H22N4O. The van der Waals surface area contributed by atoms with E-state index in [-0.39, 0.29) is 5.41 Å². The van der Waals surface area contributed by atoms with Gasteiger partial charge in [0.25, 0.3) is 0 Å². The zero-order valence-corrected chi connectivity index (χ0v) is 12.9. The molecule has 0 radical (unpaired) electrons. The second-order valence-corrected chi connectivity index (χ2v) is 5.99. The van der Waals surface area contributed by atoms with Crippen LogP contribution in [0, 0.1) is 13.8 Å². The average Bonchev–Trinajstić information content (AvgIpc) is 2.98. The summed E-state index contributed by atoms with van der Waals surface area (Å²) in [6, 6.07) is 2.10. The molecule has 3 heterocycles. The lowest BCUT2D eigenvalue weighted by Gasteiger charge is -2.33. The summed E-state index contributed by atoms with van der Waals surface area (Å²) in [4.78, 5) is 9.13. The Hall–Kier alpha value is -1.75. The Morgan fingerprint density at radius 2 is 2.05 bits per heavy atom. The number of pyridine rings is 1. The van der Waals surface area contributed by atoms with Crippen LogP contribution in [0.2, 0.25) is 0 Å². The Balaban J connectivity index is 1.95. The lowest BCUT2D eigenvalue weighted by atomic mass is 9.76. The molecule has 112 valence electrons. The van der Waals surface area contributed by atoms with Crippen molar-refractivity contribution in [2.24, 2.45) is 0 Å². The quantitative estimate of drug-likeness (QED) is 0.940. The minimum atomic E-state index is 0.0229. The van der Waals surface area contributed by atoms with E-state index in [4.69, 9.17) is 4.52 Å². The summed E-state index contributed by atoms with van der Waals surface area (Å²) < 4.78 is 5.61. The number of piperidine rings is 1. The van der Waals surface area contributed by atoms with Crippen LogP contribution in [0.4, 0.5) is 0 Å². The summed E-state index contributed by atoms with van der Waals surface area (Å²) in [6.07, 6.45) is 4.96. The van der Waals surface area contributed by atoms with Gasteiger partial charge in [0.15, 0.2) is 0 Å². The molecule has 1 saturated heterocycles. The highest BCUT2D eigenvalue weighted by Gasteiger charge is 2.37. The second-order valence-electron chi connectivity index (χ2n) is 5.99. The zero-order valence-electron chi connectivity index (χ0n) is 12.9.